The van der Waals surface area contributed by atoms with Gasteiger partial charge in [-0.1, -0.05) is 6.07 Å². The van der Waals surface area contributed by atoms with E-state index in [1.54, 1.807) is 14.2 Å². The minimum absolute atomic E-state index is 0.0437. The third-order valence-corrected chi connectivity index (χ3v) is 4.58. The van der Waals surface area contributed by atoms with Crippen molar-refractivity contribution in [1.82, 2.24) is 5.32 Å². The molecule has 1 fully saturated rings. The summed E-state index contributed by atoms with van der Waals surface area (Å²) in [5.74, 6) is 0.172. The van der Waals surface area contributed by atoms with E-state index >= 15 is 0 Å². The fourth-order valence-electron chi connectivity index (χ4n) is 3.16. The first-order valence-corrected chi connectivity index (χ1v) is 7.89. The third-order valence-electron chi connectivity index (χ3n) is 4.58. The van der Waals surface area contributed by atoms with Crippen molar-refractivity contribution in [1.29, 1.82) is 0 Å². The molecular formula is C17H24F3NO2. The molecule has 0 radical (unpaired) electrons. The average molecular weight is 331 g/mol. The Kier molecular flexibility index (Phi) is 5.79. The van der Waals surface area contributed by atoms with Gasteiger partial charge in [0.2, 0.25) is 0 Å². The van der Waals surface area contributed by atoms with E-state index in [0.717, 1.165) is 5.56 Å². The van der Waals surface area contributed by atoms with E-state index in [9.17, 15) is 13.2 Å². The van der Waals surface area contributed by atoms with Crippen LogP contribution < -0.4 is 14.8 Å². The summed E-state index contributed by atoms with van der Waals surface area (Å²) in [5, 5.41) is 3.43. The zero-order valence-electron chi connectivity index (χ0n) is 13.7. The highest BCUT2D eigenvalue weighted by Crippen LogP contribution is 2.38. The normalized spacial score (nSPS) is 23.4. The molecule has 1 aliphatic rings. The van der Waals surface area contributed by atoms with Gasteiger partial charge in [0.1, 0.15) is 0 Å². The smallest absolute Gasteiger partial charge is 0.391 e. The van der Waals surface area contributed by atoms with Crippen molar-refractivity contribution in [3.8, 4) is 11.5 Å². The van der Waals surface area contributed by atoms with E-state index in [-0.39, 0.29) is 24.9 Å². The second-order valence-corrected chi connectivity index (χ2v) is 6.09. The minimum atomic E-state index is -4.06. The quantitative estimate of drug-likeness (QED) is 0.863. The zero-order chi connectivity index (χ0) is 17.0. The highest BCUT2D eigenvalue weighted by atomic mass is 19.4. The van der Waals surface area contributed by atoms with Gasteiger partial charge in [0.25, 0.3) is 0 Å². The van der Waals surface area contributed by atoms with Gasteiger partial charge in [0, 0.05) is 12.1 Å². The van der Waals surface area contributed by atoms with Crippen LogP contribution in [0.5, 0.6) is 11.5 Å². The number of methoxy groups -OCH3 is 2. The first-order valence-electron chi connectivity index (χ1n) is 7.89. The molecule has 0 aromatic heterocycles. The van der Waals surface area contributed by atoms with E-state index in [2.05, 4.69) is 5.32 Å². The molecule has 1 saturated carbocycles. The van der Waals surface area contributed by atoms with Gasteiger partial charge in [-0.2, -0.15) is 13.2 Å². The number of alkyl halides is 3. The molecule has 1 aliphatic carbocycles. The molecule has 1 aromatic rings. The maximum atomic E-state index is 12.7. The largest absolute Gasteiger partial charge is 0.493 e. The highest BCUT2D eigenvalue weighted by Gasteiger charge is 2.41. The highest BCUT2D eigenvalue weighted by molar-refractivity contribution is 5.43. The lowest BCUT2D eigenvalue weighted by Gasteiger charge is -2.32. The summed E-state index contributed by atoms with van der Waals surface area (Å²) in [6.07, 6.45) is -2.52. The van der Waals surface area contributed by atoms with Crippen molar-refractivity contribution < 1.29 is 22.6 Å². The van der Waals surface area contributed by atoms with E-state index in [1.807, 2.05) is 25.1 Å². The molecule has 2 rings (SSSR count). The first-order chi connectivity index (χ1) is 10.8. The number of benzene rings is 1. The number of hydrogen-bond acceptors (Lipinski definition) is 3. The van der Waals surface area contributed by atoms with E-state index in [0.29, 0.717) is 24.3 Å². The second kappa shape index (κ2) is 7.43. The minimum Gasteiger partial charge on any atom is -0.493 e. The van der Waals surface area contributed by atoms with Gasteiger partial charge in [0.05, 0.1) is 20.1 Å². The summed E-state index contributed by atoms with van der Waals surface area (Å²) >= 11 is 0. The lowest BCUT2D eigenvalue weighted by molar-refractivity contribution is -0.182. The maximum absolute atomic E-state index is 12.7. The molecule has 6 heteroatoms. The van der Waals surface area contributed by atoms with Crippen molar-refractivity contribution in [2.75, 3.05) is 14.2 Å². The predicted octanol–water partition coefficient (Wildman–Crippen LogP) is 4.48. The summed E-state index contributed by atoms with van der Waals surface area (Å²) in [5.41, 5.74) is 1.03. The summed E-state index contributed by atoms with van der Waals surface area (Å²) < 4.78 is 48.6. The number of nitrogens with one attached hydrogen (secondary N) is 1. The monoisotopic (exact) mass is 331 g/mol. The van der Waals surface area contributed by atoms with Crippen molar-refractivity contribution >= 4 is 0 Å². The van der Waals surface area contributed by atoms with Crippen molar-refractivity contribution in [2.45, 2.75) is 50.9 Å². The molecule has 0 saturated heterocycles. The van der Waals surface area contributed by atoms with E-state index in [4.69, 9.17) is 9.47 Å². The Morgan fingerprint density at radius 2 is 1.65 bits per heavy atom. The van der Waals surface area contributed by atoms with Crippen LogP contribution in [0.2, 0.25) is 0 Å². The summed E-state index contributed by atoms with van der Waals surface area (Å²) in [6, 6.07) is 5.85. The summed E-state index contributed by atoms with van der Waals surface area (Å²) in [7, 11) is 3.16. The van der Waals surface area contributed by atoms with Crippen molar-refractivity contribution in [3.63, 3.8) is 0 Å². The van der Waals surface area contributed by atoms with Crippen LogP contribution >= 0.6 is 0 Å². The molecule has 0 heterocycles. The molecule has 1 unspecified atom stereocenters. The van der Waals surface area contributed by atoms with Gasteiger partial charge < -0.3 is 14.8 Å². The van der Waals surface area contributed by atoms with Crippen LogP contribution in [0.4, 0.5) is 13.2 Å². The van der Waals surface area contributed by atoms with E-state index < -0.39 is 12.1 Å². The maximum Gasteiger partial charge on any atom is 0.391 e. The van der Waals surface area contributed by atoms with Crippen LogP contribution in [-0.4, -0.2) is 26.4 Å². The third kappa shape index (κ3) is 4.53. The SMILES string of the molecule is COc1ccc(C(C)NC2CCC(C(F)(F)F)CC2)cc1OC. The molecule has 3 nitrogen and oxygen atoms in total. The molecule has 23 heavy (non-hydrogen) atoms. The van der Waals surface area contributed by atoms with Gasteiger partial charge in [0.15, 0.2) is 11.5 Å². The fraction of sp³-hybridized carbons (Fsp3) is 0.647. The van der Waals surface area contributed by atoms with Crippen LogP contribution in [0.1, 0.15) is 44.2 Å². The fourth-order valence-corrected chi connectivity index (χ4v) is 3.16. The molecule has 1 N–H and O–H groups in total. The standard InChI is InChI=1S/C17H24F3NO2/c1-11(12-4-9-15(22-2)16(10-12)23-3)21-14-7-5-13(6-8-14)17(18,19)20/h4,9-11,13-14,21H,5-8H2,1-3H3. The van der Waals surface area contributed by atoms with Crippen LogP contribution in [-0.2, 0) is 0 Å². The zero-order valence-corrected chi connectivity index (χ0v) is 13.7. The molecule has 130 valence electrons. The summed E-state index contributed by atoms with van der Waals surface area (Å²) in [4.78, 5) is 0. The van der Waals surface area contributed by atoms with Gasteiger partial charge >= 0.3 is 6.18 Å². The first kappa shape index (κ1) is 17.9. The average Bonchev–Trinajstić information content (AvgIpc) is 2.53. The molecule has 1 atom stereocenters. The van der Waals surface area contributed by atoms with Crippen LogP contribution in [0.3, 0.4) is 0 Å². The lowest BCUT2D eigenvalue weighted by Crippen LogP contribution is -2.38. The topological polar surface area (TPSA) is 30.5 Å². The van der Waals surface area contributed by atoms with Crippen molar-refractivity contribution in [2.24, 2.45) is 5.92 Å². The van der Waals surface area contributed by atoms with E-state index in [1.165, 1.54) is 0 Å². The molecular weight excluding hydrogens is 307 g/mol. The van der Waals surface area contributed by atoms with Crippen molar-refractivity contribution in [3.05, 3.63) is 23.8 Å². The number of ether oxygens (including phenoxy) is 2. The molecule has 0 aliphatic heterocycles. The van der Waals surface area contributed by atoms with Crippen LogP contribution in [0, 0.1) is 5.92 Å². The van der Waals surface area contributed by atoms with Crippen LogP contribution in [0.15, 0.2) is 18.2 Å². The number of hydrogen-bond donors (Lipinski definition) is 1. The summed E-state index contributed by atoms with van der Waals surface area (Å²) in [6.45, 7) is 2.01. The number of halogens is 3. The molecule has 0 amide bonds. The Labute approximate surface area is 135 Å². The Morgan fingerprint density at radius 1 is 1.04 bits per heavy atom. The molecule has 0 spiro atoms. The number of rotatable bonds is 5. The lowest BCUT2D eigenvalue weighted by atomic mass is 9.85. The molecule has 1 aromatic carbocycles. The Bertz CT molecular complexity index is 511. The van der Waals surface area contributed by atoms with Gasteiger partial charge in [-0.05, 0) is 50.3 Å². The van der Waals surface area contributed by atoms with Gasteiger partial charge in [-0.3, -0.25) is 0 Å². The Morgan fingerprint density at radius 3 is 2.17 bits per heavy atom. The predicted molar refractivity (Wildman–Crippen MR) is 82.9 cm³/mol. The Balaban J connectivity index is 1.94. The van der Waals surface area contributed by atoms with Crippen LogP contribution in [0.25, 0.3) is 0 Å². The second-order valence-electron chi connectivity index (χ2n) is 6.09. The van der Waals surface area contributed by atoms with Gasteiger partial charge in [-0.25, -0.2) is 0 Å². The molecule has 0 bridgehead atoms. The van der Waals surface area contributed by atoms with Gasteiger partial charge in [-0.15, -0.1) is 0 Å². The Hall–Kier alpha value is -1.43.